The number of rotatable bonds is 7. The van der Waals surface area contributed by atoms with Crippen LogP contribution in [0.2, 0.25) is 0 Å². The molecule has 0 saturated heterocycles. The number of carboxylic acid groups (broad SMARTS) is 1. The summed E-state index contributed by atoms with van der Waals surface area (Å²) in [5, 5.41) is 9.92. The average Bonchev–Trinajstić information content (AvgIpc) is 2.69. The van der Waals surface area contributed by atoms with E-state index in [1.54, 1.807) is 66.7 Å². The van der Waals surface area contributed by atoms with Gasteiger partial charge in [0.25, 0.3) is 0 Å². The molecule has 0 heterocycles. The molecular formula is C22H21NO4S. The molecular weight excluding hydrogens is 374 g/mol. The molecule has 0 radical (unpaired) electrons. The molecule has 3 rings (SSSR count). The van der Waals surface area contributed by atoms with Gasteiger partial charge in [0, 0.05) is 6.54 Å². The second kappa shape index (κ2) is 8.37. The van der Waals surface area contributed by atoms with Crippen LogP contribution in [0.1, 0.15) is 22.7 Å². The van der Waals surface area contributed by atoms with Crippen LogP contribution in [0.25, 0.3) is 0 Å². The van der Waals surface area contributed by atoms with Gasteiger partial charge < -0.3 is 5.11 Å². The van der Waals surface area contributed by atoms with Crippen LogP contribution in [0.3, 0.4) is 0 Å². The molecule has 28 heavy (non-hydrogen) atoms. The van der Waals surface area contributed by atoms with Crippen LogP contribution in [-0.2, 0) is 21.4 Å². The van der Waals surface area contributed by atoms with E-state index in [9.17, 15) is 18.3 Å². The first kappa shape index (κ1) is 19.8. The zero-order chi connectivity index (χ0) is 20.1. The predicted octanol–water partition coefficient (Wildman–Crippen LogP) is 4.01. The Bertz CT molecular complexity index is 1030. The highest BCUT2D eigenvalue weighted by molar-refractivity contribution is 7.89. The van der Waals surface area contributed by atoms with E-state index in [1.807, 2.05) is 13.0 Å². The summed E-state index contributed by atoms with van der Waals surface area (Å²) in [5.41, 5.74) is 2.04. The van der Waals surface area contributed by atoms with Crippen LogP contribution >= 0.6 is 0 Å². The molecule has 0 aliphatic carbocycles. The maximum atomic E-state index is 13.4. The second-order valence-corrected chi connectivity index (χ2v) is 8.39. The lowest BCUT2D eigenvalue weighted by Crippen LogP contribution is -2.38. The molecule has 0 saturated carbocycles. The van der Waals surface area contributed by atoms with Gasteiger partial charge in [-0.15, -0.1) is 0 Å². The molecule has 1 atom stereocenters. The molecule has 0 fully saturated rings. The number of carbonyl (C=O) groups is 1. The van der Waals surface area contributed by atoms with Crippen LogP contribution in [0.5, 0.6) is 0 Å². The van der Waals surface area contributed by atoms with Crippen LogP contribution in [0, 0.1) is 6.92 Å². The molecule has 1 unspecified atom stereocenters. The molecule has 0 amide bonds. The lowest BCUT2D eigenvalue weighted by molar-refractivity contribution is -0.141. The van der Waals surface area contributed by atoms with E-state index in [4.69, 9.17) is 0 Å². The van der Waals surface area contributed by atoms with Gasteiger partial charge in [0.15, 0.2) is 0 Å². The Hall–Kier alpha value is -2.96. The van der Waals surface area contributed by atoms with Crippen molar-refractivity contribution in [3.8, 4) is 0 Å². The highest BCUT2D eigenvalue weighted by Crippen LogP contribution is 2.30. The second-order valence-electron chi connectivity index (χ2n) is 6.50. The number of nitrogens with zero attached hydrogens (tertiary/aromatic N) is 1. The van der Waals surface area contributed by atoms with Crippen molar-refractivity contribution in [2.24, 2.45) is 0 Å². The molecule has 6 heteroatoms. The number of hydrogen-bond donors (Lipinski definition) is 1. The molecule has 144 valence electrons. The fourth-order valence-corrected chi connectivity index (χ4v) is 4.55. The van der Waals surface area contributed by atoms with E-state index in [1.165, 1.54) is 12.1 Å². The molecule has 0 aliphatic rings. The first-order valence-corrected chi connectivity index (χ1v) is 10.2. The monoisotopic (exact) mass is 395 g/mol. The topological polar surface area (TPSA) is 74.7 Å². The fraction of sp³-hybridized carbons (Fsp3) is 0.136. The summed E-state index contributed by atoms with van der Waals surface area (Å²) >= 11 is 0. The van der Waals surface area contributed by atoms with Crippen LogP contribution in [0.4, 0.5) is 0 Å². The molecule has 3 aromatic carbocycles. The third-order valence-corrected chi connectivity index (χ3v) is 6.27. The van der Waals surface area contributed by atoms with Crippen molar-refractivity contribution in [1.82, 2.24) is 4.31 Å². The number of sulfonamides is 1. The Balaban J connectivity index is 2.13. The highest BCUT2D eigenvalue weighted by Gasteiger charge is 2.37. The van der Waals surface area contributed by atoms with Gasteiger partial charge in [0.1, 0.15) is 6.04 Å². The van der Waals surface area contributed by atoms with Crippen molar-refractivity contribution in [3.05, 3.63) is 102 Å². The smallest absolute Gasteiger partial charge is 0.326 e. The Morgan fingerprint density at radius 2 is 1.43 bits per heavy atom. The Morgan fingerprint density at radius 3 is 1.96 bits per heavy atom. The summed E-state index contributed by atoms with van der Waals surface area (Å²) in [4.78, 5) is 12.2. The van der Waals surface area contributed by atoms with Crippen molar-refractivity contribution in [2.75, 3.05) is 0 Å². The largest absolute Gasteiger partial charge is 0.480 e. The third kappa shape index (κ3) is 4.30. The van der Waals surface area contributed by atoms with Gasteiger partial charge in [-0.3, -0.25) is 4.79 Å². The van der Waals surface area contributed by atoms with E-state index < -0.39 is 22.0 Å². The molecule has 0 bridgehead atoms. The van der Waals surface area contributed by atoms with Gasteiger partial charge in [0.05, 0.1) is 4.90 Å². The lowest BCUT2D eigenvalue weighted by atomic mass is 10.1. The van der Waals surface area contributed by atoms with Crippen molar-refractivity contribution in [3.63, 3.8) is 0 Å². The van der Waals surface area contributed by atoms with E-state index in [0.29, 0.717) is 11.1 Å². The number of carboxylic acids is 1. The van der Waals surface area contributed by atoms with Gasteiger partial charge in [-0.1, -0.05) is 78.4 Å². The summed E-state index contributed by atoms with van der Waals surface area (Å²) in [5.74, 6) is -1.22. The van der Waals surface area contributed by atoms with Crippen LogP contribution in [0.15, 0.2) is 89.8 Å². The molecule has 0 aliphatic heterocycles. The van der Waals surface area contributed by atoms with Gasteiger partial charge >= 0.3 is 5.97 Å². The van der Waals surface area contributed by atoms with E-state index >= 15 is 0 Å². The average molecular weight is 395 g/mol. The molecule has 0 spiro atoms. The SMILES string of the molecule is Cc1ccc(S(=O)(=O)N(Cc2ccccc2)C(C(=O)O)c2ccccc2)cc1. The minimum absolute atomic E-state index is 0.0527. The number of hydrogen-bond acceptors (Lipinski definition) is 3. The zero-order valence-electron chi connectivity index (χ0n) is 15.4. The van der Waals surface area contributed by atoms with Crippen LogP contribution in [-0.4, -0.2) is 23.8 Å². The van der Waals surface area contributed by atoms with Crippen molar-refractivity contribution in [1.29, 1.82) is 0 Å². The van der Waals surface area contributed by atoms with Gasteiger partial charge in [-0.2, -0.15) is 4.31 Å². The molecule has 3 aromatic rings. The van der Waals surface area contributed by atoms with Gasteiger partial charge in [-0.05, 0) is 30.2 Å². The summed E-state index contributed by atoms with van der Waals surface area (Å²) < 4.78 is 27.9. The maximum absolute atomic E-state index is 13.4. The van der Waals surface area contributed by atoms with Gasteiger partial charge in [0.2, 0.25) is 10.0 Å². The summed E-state index contributed by atoms with van der Waals surface area (Å²) in [6, 6.07) is 22.5. The van der Waals surface area contributed by atoms with Crippen molar-refractivity contribution < 1.29 is 18.3 Å². The quantitative estimate of drug-likeness (QED) is 0.656. The number of aryl methyl sites for hydroxylation is 1. The van der Waals surface area contributed by atoms with Crippen molar-refractivity contribution in [2.45, 2.75) is 24.4 Å². The highest BCUT2D eigenvalue weighted by atomic mass is 32.2. The van der Waals surface area contributed by atoms with E-state index in [-0.39, 0.29) is 11.4 Å². The summed E-state index contributed by atoms with van der Waals surface area (Å²) in [6.07, 6.45) is 0. The number of aliphatic carboxylic acids is 1. The molecule has 0 aromatic heterocycles. The summed E-state index contributed by atoms with van der Waals surface area (Å²) in [7, 11) is -4.06. The lowest BCUT2D eigenvalue weighted by Gasteiger charge is -2.28. The zero-order valence-corrected chi connectivity index (χ0v) is 16.2. The minimum Gasteiger partial charge on any atom is -0.480 e. The molecule has 1 N–H and O–H groups in total. The summed E-state index contributed by atoms with van der Waals surface area (Å²) in [6.45, 7) is 1.81. The first-order chi connectivity index (χ1) is 13.4. The van der Waals surface area contributed by atoms with Crippen molar-refractivity contribution >= 4 is 16.0 Å². The standard InChI is InChI=1S/C22H21NO4S/c1-17-12-14-20(15-13-17)28(26,27)23(16-18-8-4-2-5-9-18)21(22(24)25)19-10-6-3-7-11-19/h2-15,21H,16H2,1H3,(H,24,25). The number of benzene rings is 3. The Labute approximate surface area is 164 Å². The first-order valence-electron chi connectivity index (χ1n) is 8.80. The maximum Gasteiger partial charge on any atom is 0.326 e. The van der Waals surface area contributed by atoms with E-state index in [0.717, 1.165) is 9.87 Å². The predicted molar refractivity (Wildman–Crippen MR) is 107 cm³/mol. The normalized spacial score (nSPS) is 12.6. The molecule has 5 nitrogen and oxygen atoms in total. The third-order valence-electron chi connectivity index (χ3n) is 4.45. The van der Waals surface area contributed by atoms with E-state index in [2.05, 4.69) is 0 Å². The minimum atomic E-state index is -4.06. The Morgan fingerprint density at radius 1 is 0.893 bits per heavy atom. The van der Waals surface area contributed by atoms with Gasteiger partial charge in [-0.25, -0.2) is 8.42 Å². The fourth-order valence-electron chi connectivity index (χ4n) is 2.99. The van der Waals surface area contributed by atoms with Crippen LogP contribution < -0.4 is 0 Å². The Kier molecular flexibility index (Phi) is 5.92.